The maximum atomic E-state index is 9.42. The van der Waals surface area contributed by atoms with Crippen LogP contribution in [0.1, 0.15) is 46.0 Å². The summed E-state index contributed by atoms with van der Waals surface area (Å²) in [6.45, 7) is 4.56. The number of nitrogens with one attached hydrogen (secondary N) is 1. The minimum atomic E-state index is 0.225. The molecule has 0 aromatic carbocycles. The lowest BCUT2D eigenvalue weighted by Crippen LogP contribution is -2.47. The summed E-state index contributed by atoms with van der Waals surface area (Å²) >= 11 is 0. The second-order valence-electron chi connectivity index (χ2n) is 5.08. The third kappa shape index (κ3) is 4.04. The zero-order valence-electron chi connectivity index (χ0n) is 10.9. The maximum Gasteiger partial charge on any atom is 0.0693 e. The van der Waals surface area contributed by atoms with E-state index in [1.807, 2.05) is 0 Å². The molecule has 0 radical (unpaired) electrons. The van der Waals surface area contributed by atoms with Crippen molar-refractivity contribution in [2.75, 3.05) is 13.7 Å². The van der Waals surface area contributed by atoms with Gasteiger partial charge in [-0.05, 0) is 32.6 Å². The van der Waals surface area contributed by atoms with Gasteiger partial charge in [-0.25, -0.2) is 0 Å². The summed E-state index contributed by atoms with van der Waals surface area (Å²) in [5, 5.41) is 13.0. The number of aliphatic hydroxyl groups excluding tert-OH is 1. The summed E-state index contributed by atoms with van der Waals surface area (Å²) in [4.78, 5) is 0. The number of ether oxygens (including phenoxy) is 1. The lowest BCUT2D eigenvalue weighted by Gasteiger charge is -2.30. The Hall–Kier alpha value is -0.120. The van der Waals surface area contributed by atoms with Crippen molar-refractivity contribution in [1.29, 1.82) is 0 Å². The molecule has 1 rings (SSSR count). The van der Waals surface area contributed by atoms with Gasteiger partial charge < -0.3 is 15.2 Å². The molecular weight excluding hydrogens is 202 g/mol. The van der Waals surface area contributed by atoms with Crippen LogP contribution in [-0.2, 0) is 4.74 Å². The minimum Gasteiger partial charge on any atom is -0.396 e. The van der Waals surface area contributed by atoms with Gasteiger partial charge in [0.15, 0.2) is 0 Å². The van der Waals surface area contributed by atoms with Gasteiger partial charge in [0.05, 0.1) is 6.10 Å². The molecule has 4 atom stereocenters. The first kappa shape index (κ1) is 13.9. The highest BCUT2D eigenvalue weighted by Crippen LogP contribution is 2.23. The number of hydrogen-bond donors (Lipinski definition) is 2. The summed E-state index contributed by atoms with van der Waals surface area (Å²) in [7, 11) is 1.75. The van der Waals surface area contributed by atoms with Crippen molar-refractivity contribution in [3.8, 4) is 0 Å². The van der Waals surface area contributed by atoms with Gasteiger partial charge in [-0.1, -0.05) is 19.3 Å². The molecule has 0 heterocycles. The van der Waals surface area contributed by atoms with Crippen molar-refractivity contribution in [3.63, 3.8) is 0 Å². The van der Waals surface area contributed by atoms with Crippen molar-refractivity contribution >= 4 is 0 Å². The molecule has 1 fully saturated rings. The third-order valence-corrected chi connectivity index (χ3v) is 3.95. The molecule has 4 unspecified atom stereocenters. The van der Waals surface area contributed by atoms with Crippen LogP contribution in [-0.4, -0.2) is 37.0 Å². The first-order valence-corrected chi connectivity index (χ1v) is 6.58. The highest BCUT2D eigenvalue weighted by molar-refractivity contribution is 4.83. The van der Waals surface area contributed by atoms with Crippen LogP contribution < -0.4 is 5.32 Å². The molecule has 1 aliphatic rings. The van der Waals surface area contributed by atoms with Crippen LogP contribution in [0.15, 0.2) is 0 Å². The summed E-state index contributed by atoms with van der Waals surface area (Å²) in [5.41, 5.74) is 0. The zero-order chi connectivity index (χ0) is 12.0. The average Bonchev–Trinajstić information content (AvgIpc) is 2.52. The second kappa shape index (κ2) is 7.25. The fourth-order valence-corrected chi connectivity index (χ4v) is 2.50. The van der Waals surface area contributed by atoms with Crippen molar-refractivity contribution in [2.24, 2.45) is 5.92 Å². The fraction of sp³-hybridized carbons (Fsp3) is 1.00. The van der Waals surface area contributed by atoms with Crippen LogP contribution in [0.3, 0.4) is 0 Å². The standard InChI is InChI=1S/C13H27NO2/c1-10(11(2)16-3)14-13-8-6-4-5-7-12(13)9-15/h10-15H,4-9H2,1-3H3. The van der Waals surface area contributed by atoms with Crippen LogP contribution in [0.2, 0.25) is 0 Å². The van der Waals surface area contributed by atoms with Crippen LogP contribution in [0, 0.1) is 5.92 Å². The monoisotopic (exact) mass is 229 g/mol. The smallest absolute Gasteiger partial charge is 0.0693 e. The molecule has 0 bridgehead atoms. The molecular formula is C13H27NO2. The van der Waals surface area contributed by atoms with E-state index < -0.39 is 0 Å². The van der Waals surface area contributed by atoms with Gasteiger partial charge in [-0.2, -0.15) is 0 Å². The fourth-order valence-electron chi connectivity index (χ4n) is 2.50. The van der Waals surface area contributed by atoms with Gasteiger partial charge in [-0.3, -0.25) is 0 Å². The van der Waals surface area contributed by atoms with E-state index in [9.17, 15) is 5.11 Å². The van der Waals surface area contributed by atoms with Gasteiger partial charge in [0.2, 0.25) is 0 Å². The Morgan fingerprint density at radius 1 is 1.25 bits per heavy atom. The molecule has 16 heavy (non-hydrogen) atoms. The summed E-state index contributed by atoms with van der Waals surface area (Å²) in [6, 6.07) is 0.808. The first-order chi connectivity index (χ1) is 7.69. The van der Waals surface area contributed by atoms with Crippen molar-refractivity contribution < 1.29 is 9.84 Å². The molecule has 0 spiro atoms. The Morgan fingerprint density at radius 2 is 1.94 bits per heavy atom. The summed E-state index contributed by atoms with van der Waals surface area (Å²) < 4.78 is 5.33. The number of methoxy groups -OCH3 is 1. The number of aliphatic hydroxyl groups is 1. The third-order valence-electron chi connectivity index (χ3n) is 3.95. The Kier molecular flexibility index (Phi) is 6.32. The molecule has 0 saturated heterocycles. The van der Waals surface area contributed by atoms with Gasteiger partial charge in [0.1, 0.15) is 0 Å². The number of rotatable bonds is 5. The molecule has 2 N–H and O–H groups in total. The molecule has 1 aliphatic carbocycles. The predicted octanol–water partition coefficient (Wildman–Crippen LogP) is 1.94. The molecule has 0 amide bonds. The summed E-state index contributed by atoms with van der Waals surface area (Å²) in [6.07, 6.45) is 6.42. The van der Waals surface area contributed by atoms with Gasteiger partial charge in [0, 0.05) is 25.8 Å². The molecule has 1 saturated carbocycles. The van der Waals surface area contributed by atoms with E-state index in [0.717, 1.165) is 6.42 Å². The van der Waals surface area contributed by atoms with E-state index in [1.54, 1.807) is 7.11 Å². The molecule has 3 nitrogen and oxygen atoms in total. The van der Waals surface area contributed by atoms with Gasteiger partial charge in [0.25, 0.3) is 0 Å². The van der Waals surface area contributed by atoms with Crippen molar-refractivity contribution in [2.45, 2.75) is 64.1 Å². The van der Waals surface area contributed by atoms with Crippen molar-refractivity contribution in [3.05, 3.63) is 0 Å². The van der Waals surface area contributed by atoms with E-state index in [2.05, 4.69) is 19.2 Å². The van der Waals surface area contributed by atoms with Gasteiger partial charge >= 0.3 is 0 Å². The Labute approximate surface area is 99.6 Å². The van der Waals surface area contributed by atoms with E-state index >= 15 is 0 Å². The molecule has 0 aliphatic heterocycles. The predicted molar refractivity (Wildman–Crippen MR) is 66.5 cm³/mol. The Morgan fingerprint density at radius 3 is 2.56 bits per heavy atom. The highest BCUT2D eigenvalue weighted by atomic mass is 16.5. The van der Waals surface area contributed by atoms with E-state index in [0.29, 0.717) is 24.6 Å². The van der Waals surface area contributed by atoms with Crippen LogP contribution in [0.4, 0.5) is 0 Å². The van der Waals surface area contributed by atoms with E-state index in [1.165, 1.54) is 25.7 Å². The lowest BCUT2D eigenvalue weighted by atomic mass is 9.94. The largest absolute Gasteiger partial charge is 0.396 e. The van der Waals surface area contributed by atoms with E-state index in [4.69, 9.17) is 4.74 Å². The Balaban J connectivity index is 2.47. The Bertz CT molecular complexity index is 187. The molecule has 0 aromatic heterocycles. The lowest BCUT2D eigenvalue weighted by molar-refractivity contribution is 0.0753. The quantitative estimate of drug-likeness (QED) is 0.708. The second-order valence-corrected chi connectivity index (χ2v) is 5.08. The zero-order valence-corrected chi connectivity index (χ0v) is 10.9. The van der Waals surface area contributed by atoms with Crippen LogP contribution >= 0.6 is 0 Å². The maximum absolute atomic E-state index is 9.42. The molecule has 96 valence electrons. The van der Waals surface area contributed by atoms with E-state index in [-0.39, 0.29) is 6.10 Å². The molecule has 0 aromatic rings. The van der Waals surface area contributed by atoms with Gasteiger partial charge in [-0.15, -0.1) is 0 Å². The minimum absolute atomic E-state index is 0.225. The van der Waals surface area contributed by atoms with Crippen LogP contribution in [0.5, 0.6) is 0 Å². The topological polar surface area (TPSA) is 41.5 Å². The first-order valence-electron chi connectivity index (χ1n) is 6.58. The highest BCUT2D eigenvalue weighted by Gasteiger charge is 2.25. The summed E-state index contributed by atoms with van der Waals surface area (Å²) in [5.74, 6) is 0.425. The number of hydrogen-bond acceptors (Lipinski definition) is 3. The van der Waals surface area contributed by atoms with Crippen molar-refractivity contribution in [1.82, 2.24) is 5.32 Å². The molecule has 3 heteroatoms. The average molecular weight is 229 g/mol. The van der Waals surface area contributed by atoms with Crippen LogP contribution in [0.25, 0.3) is 0 Å². The normalized spacial score (nSPS) is 30.8. The SMILES string of the molecule is COC(C)C(C)NC1CCCCCC1CO.